The minimum Gasteiger partial charge on any atom is -0.383 e. The van der Waals surface area contributed by atoms with Crippen molar-refractivity contribution in [3.63, 3.8) is 0 Å². The number of nitrogens with two attached hydrogens (primary N) is 2. The van der Waals surface area contributed by atoms with Crippen molar-refractivity contribution in [1.82, 2.24) is 4.98 Å². The highest BCUT2D eigenvalue weighted by molar-refractivity contribution is 7.71. The fourth-order valence-electron chi connectivity index (χ4n) is 0.999. The van der Waals surface area contributed by atoms with Gasteiger partial charge in [0, 0.05) is 12.7 Å². The van der Waals surface area contributed by atoms with Crippen LogP contribution in [-0.2, 0) is 0 Å². The molecule has 0 atom stereocenters. The van der Waals surface area contributed by atoms with Gasteiger partial charge < -0.3 is 16.5 Å². The van der Waals surface area contributed by atoms with Crippen molar-refractivity contribution < 1.29 is 0 Å². The van der Waals surface area contributed by atoms with Crippen LogP contribution in [0.15, 0.2) is 23.3 Å². The molecule has 0 spiro atoms. The number of H-pyrrole nitrogens is 1. The molecule has 1 aromatic rings. The molecule has 14 heavy (non-hydrogen) atoms. The summed E-state index contributed by atoms with van der Waals surface area (Å²) in [6.45, 7) is 1.27. The number of nitrogens with zero attached hydrogens (tertiary/aromatic N) is 1. The Morgan fingerprint density at radius 2 is 2.36 bits per heavy atom. The third-order valence-corrected chi connectivity index (χ3v) is 2.08. The largest absolute Gasteiger partial charge is 0.383 e. The first kappa shape index (κ1) is 10.9. The second kappa shape index (κ2) is 5.51. The molecule has 0 fully saturated rings. The molecule has 0 aliphatic rings. The number of pyridine rings is 1. The smallest absolute Gasteiger partial charge is 0.128 e. The molecule has 76 valence electrons. The van der Waals surface area contributed by atoms with Crippen LogP contribution in [0.2, 0.25) is 0 Å². The van der Waals surface area contributed by atoms with Gasteiger partial charge in [0.2, 0.25) is 0 Å². The van der Waals surface area contributed by atoms with Gasteiger partial charge in [0.05, 0.1) is 5.56 Å². The highest BCUT2D eigenvalue weighted by atomic mass is 32.1. The first-order valence-corrected chi connectivity index (χ1v) is 4.84. The Balaban J connectivity index is 2.79. The number of aliphatic imine (C=N–C) groups is 1. The maximum atomic E-state index is 5.76. The normalized spacial score (nSPS) is 11.6. The molecule has 0 saturated carbocycles. The first-order chi connectivity index (χ1) is 6.75. The van der Waals surface area contributed by atoms with Gasteiger partial charge in [0.1, 0.15) is 10.5 Å². The van der Waals surface area contributed by atoms with Crippen molar-refractivity contribution in [3.05, 3.63) is 28.5 Å². The molecule has 0 aliphatic carbocycles. The van der Waals surface area contributed by atoms with Crippen LogP contribution < -0.4 is 11.5 Å². The van der Waals surface area contributed by atoms with Crippen molar-refractivity contribution >= 4 is 18.1 Å². The van der Waals surface area contributed by atoms with Gasteiger partial charge in [0.25, 0.3) is 0 Å². The fourth-order valence-corrected chi connectivity index (χ4v) is 1.24. The lowest BCUT2D eigenvalue weighted by molar-refractivity contribution is 0.844. The van der Waals surface area contributed by atoms with Crippen LogP contribution in [-0.4, -0.2) is 23.9 Å². The predicted octanol–water partition coefficient (Wildman–Crippen LogP) is 0.798. The summed E-state index contributed by atoms with van der Waals surface area (Å²) in [6, 6.07) is 3.69. The van der Waals surface area contributed by atoms with E-state index in [2.05, 4.69) is 9.98 Å². The van der Waals surface area contributed by atoms with Crippen LogP contribution in [0.25, 0.3) is 0 Å². The van der Waals surface area contributed by atoms with E-state index in [1.165, 1.54) is 0 Å². The number of hydrogen-bond donors (Lipinski definition) is 3. The van der Waals surface area contributed by atoms with E-state index >= 15 is 0 Å². The van der Waals surface area contributed by atoms with Crippen LogP contribution in [0.1, 0.15) is 12.0 Å². The summed E-state index contributed by atoms with van der Waals surface area (Å²) in [5.41, 5.74) is 11.9. The fraction of sp³-hybridized carbons (Fsp3) is 0.333. The number of aromatic nitrogens is 1. The lowest BCUT2D eigenvalue weighted by Crippen LogP contribution is -2.15. The summed E-state index contributed by atoms with van der Waals surface area (Å²) in [7, 11) is 0. The molecule has 0 aromatic carbocycles. The van der Waals surface area contributed by atoms with Crippen molar-refractivity contribution in [2.24, 2.45) is 16.5 Å². The van der Waals surface area contributed by atoms with E-state index in [0.29, 0.717) is 23.6 Å². The van der Waals surface area contributed by atoms with Crippen molar-refractivity contribution in [2.75, 3.05) is 13.1 Å². The number of nitrogens with one attached hydrogen (secondary N) is 1. The third-order valence-electron chi connectivity index (χ3n) is 1.74. The van der Waals surface area contributed by atoms with Gasteiger partial charge in [-0.1, -0.05) is 12.2 Å². The van der Waals surface area contributed by atoms with E-state index in [1.54, 1.807) is 6.20 Å². The molecule has 1 aromatic heterocycles. The Bertz CT molecular complexity index is 369. The third kappa shape index (κ3) is 2.93. The molecule has 0 unspecified atom stereocenters. The molecule has 5 N–H and O–H groups in total. The van der Waals surface area contributed by atoms with Gasteiger partial charge in [-0.05, 0) is 25.1 Å². The molecular weight excluding hydrogens is 196 g/mol. The molecule has 0 aliphatic heterocycles. The molecule has 0 radical (unpaired) electrons. The summed E-state index contributed by atoms with van der Waals surface area (Å²) in [6.07, 6.45) is 2.60. The molecule has 1 heterocycles. The molecular formula is C9H14N4S. The van der Waals surface area contributed by atoms with Crippen LogP contribution >= 0.6 is 12.2 Å². The first-order valence-electron chi connectivity index (χ1n) is 4.43. The van der Waals surface area contributed by atoms with Crippen LogP contribution in [0.5, 0.6) is 0 Å². The Kier molecular flexibility index (Phi) is 4.28. The summed E-state index contributed by atoms with van der Waals surface area (Å²) in [5.74, 6) is 0.473. The van der Waals surface area contributed by atoms with Gasteiger partial charge in [-0.25, -0.2) is 0 Å². The van der Waals surface area contributed by atoms with E-state index in [1.807, 2.05) is 12.1 Å². The standard InChI is InChI=1S/C9H14N4S/c10-4-2-6-12-8(11)7-3-1-5-13-9(7)14/h1,3,5H,2,4,6,10H2,(H2,11,12)(H,13,14). The SMILES string of the molecule is NCCCN=C(N)c1ccc[nH]c1=S. The van der Waals surface area contributed by atoms with Crippen LogP contribution in [0, 0.1) is 4.64 Å². The maximum absolute atomic E-state index is 5.76. The summed E-state index contributed by atoms with van der Waals surface area (Å²) in [5, 5.41) is 0. The Morgan fingerprint density at radius 1 is 1.57 bits per heavy atom. The molecule has 0 saturated heterocycles. The predicted molar refractivity (Wildman–Crippen MR) is 60.9 cm³/mol. The monoisotopic (exact) mass is 210 g/mol. The van der Waals surface area contributed by atoms with Crippen LogP contribution in [0.3, 0.4) is 0 Å². The summed E-state index contributed by atoms with van der Waals surface area (Å²) < 4.78 is 0.612. The number of rotatable bonds is 4. The minimum absolute atomic E-state index is 0.473. The highest BCUT2D eigenvalue weighted by Crippen LogP contribution is 1.99. The highest BCUT2D eigenvalue weighted by Gasteiger charge is 1.98. The second-order valence-corrected chi connectivity index (χ2v) is 3.23. The van der Waals surface area contributed by atoms with Gasteiger partial charge in [-0.2, -0.15) is 0 Å². The van der Waals surface area contributed by atoms with Crippen molar-refractivity contribution in [1.29, 1.82) is 0 Å². The molecule has 0 amide bonds. The topological polar surface area (TPSA) is 80.2 Å². The van der Waals surface area contributed by atoms with E-state index in [4.69, 9.17) is 23.7 Å². The zero-order valence-electron chi connectivity index (χ0n) is 7.86. The quantitative estimate of drug-likeness (QED) is 0.297. The molecule has 0 bridgehead atoms. The van der Waals surface area contributed by atoms with Gasteiger partial charge >= 0.3 is 0 Å². The summed E-state index contributed by atoms with van der Waals surface area (Å²) >= 11 is 5.07. The van der Waals surface area contributed by atoms with Gasteiger partial charge in [-0.3, -0.25) is 4.99 Å². The van der Waals surface area contributed by atoms with Crippen molar-refractivity contribution in [2.45, 2.75) is 6.42 Å². The molecule has 5 heteroatoms. The minimum atomic E-state index is 0.473. The van der Waals surface area contributed by atoms with Crippen LogP contribution in [0.4, 0.5) is 0 Å². The lowest BCUT2D eigenvalue weighted by Gasteiger charge is -2.00. The number of amidine groups is 1. The second-order valence-electron chi connectivity index (χ2n) is 2.82. The average Bonchev–Trinajstić information content (AvgIpc) is 2.18. The van der Waals surface area contributed by atoms with Crippen molar-refractivity contribution in [3.8, 4) is 0 Å². The Labute approximate surface area is 88.0 Å². The van der Waals surface area contributed by atoms with Gasteiger partial charge in [-0.15, -0.1) is 0 Å². The number of aromatic amines is 1. The van der Waals surface area contributed by atoms with Gasteiger partial charge in [0.15, 0.2) is 0 Å². The Hall–Kier alpha value is -1.20. The lowest BCUT2D eigenvalue weighted by atomic mass is 10.2. The Morgan fingerprint density at radius 3 is 3.00 bits per heavy atom. The maximum Gasteiger partial charge on any atom is 0.128 e. The zero-order valence-corrected chi connectivity index (χ0v) is 8.68. The van der Waals surface area contributed by atoms with E-state index in [9.17, 15) is 0 Å². The molecule has 4 nitrogen and oxygen atoms in total. The van der Waals surface area contributed by atoms with E-state index in [-0.39, 0.29) is 0 Å². The van der Waals surface area contributed by atoms with E-state index < -0.39 is 0 Å². The average molecular weight is 210 g/mol. The molecule has 1 rings (SSSR count). The summed E-state index contributed by atoms with van der Waals surface area (Å²) in [4.78, 5) is 7.07. The number of hydrogen-bond acceptors (Lipinski definition) is 3. The zero-order chi connectivity index (χ0) is 10.4. The van der Waals surface area contributed by atoms with E-state index in [0.717, 1.165) is 12.0 Å².